The van der Waals surface area contributed by atoms with Crippen molar-refractivity contribution in [3.8, 4) is 0 Å². The van der Waals surface area contributed by atoms with E-state index in [-0.39, 0.29) is 24.0 Å². The molecule has 1 saturated heterocycles. The summed E-state index contributed by atoms with van der Waals surface area (Å²) in [7, 11) is -3.08. The molecule has 7 heteroatoms. The standard InChI is InChI=1S/C13H27N3O3S/c1-5-13(2,3)15-12(17)10-14-11-6-8-16(9-7-11)20(4,18)19/h11,14H,5-10H2,1-4H3,(H,15,17). The van der Waals surface area contributed by atoms with Crippen molar-refractivity contribution in [3.05, 3.63) is 0 Å². The Labute approximate surface area is 122 Å². The van der Waals surface area contributed by atoms with Gasteiger partial charge in [0, 0.05) is 24.7 Å². The summed E-state index contributed by atoms with van der Waals surface area (Å²) in [6, 6.07) is 0.212. The molecule has 20 heavy (non-hydrogen) atoms. The van der Waals surface area contributed by atoms with Crippen molar-refractivity contribution in [1.29, 1.82) is 0 Å². The van der Waals surface area contributed by atoms with Crippen LogP contribution in [0.2, 0.25) is 0 Å². The van der Waals surface area contributed by atoms with Crippen LogP contribution in [0.3, 0.4) is 0 Å². The fourth-order valence-electron chi connectivity index (χ4n) is 2.14. The highest BCUT2D eigenvalue weighted by Gasteiger charge is 2.25. The van der Waals surface area contributed by atoms with Crippen LogP contribution in [-0.2, 0) is 14.8 Å². The number of piperidine rings is 1. The van der Waals surface area contributed by atoms with Crippen molar-refractivity contribution in [2.75, 3.05) is 25.9 Å². The maximum Gasteiger partial charge on any atom is 0.234 e. The number of rotatable bonds is 6. The van der Waals surface area contributed by atoms with Gasteiger partial charge in [-0.25, -0.2) is 12.7 Å². The summed E-state index contributed by atoms with van der Waals surface area (Å²) in [5.41, 5.74) is -0.182. The highest BCUT2D eigenvalue weighted by molar-refractivity contribution is 7.88. The lowest BCUT2D eigenvalue weighted by Gasteiger charge is -2.31. The van der Waals surface area contributed by atoms with E-state index >= 15 is 0 Å². The van der Waals surface area contributed by atoms with Gasteiger partial charge in [0.25, 0.3) is 0 Å². The predicted molar refractivity (Wildman–Crippen MR) is 80.0 cm³/mol. The number of hydrogen-bond acceptors (Lipinski definition) is 4. The molecule has 1 rings (SSSR count). The molecule has 0 atom stereocenters. The molecule has 118 valence electrons. The number of carbonyl (C=O) groups excluding carboxylic acids is 1. The molecular formula is C13H27N3O3S. The van der Waals surface area contributed by atoms with Gasteiger partial charge in [-0.1, -0.05) is 6.92 Å². The topological polar surface area (TPSA) is 78.5 Å². The van der Waals surface area contributed by atoms with Gasteiger partial charge in [-0.05, 0) is 33.1 Å². The van der Waals surface area contributed by atoms with Gasteiger partial charge in [0.15, 0.2) is 0 Å². The number of hydrogen-bond donors (Lipinski definition) is 2. The van der Waals surface area contributed by atoms with Crippen LogP contribution in [0, 0.1) is 0 Å². The maximum absolute atomic E-state index is 11.8. The number of nitrogens with one attached hydrogen (secondary N) is 2. The second kappa shape index (κ2) is 6.87. The third kappa shape index (κ3) is 5.76. The van der Waals surface area contributed by atoms with Crippen LogP contribution in [0.1, 0.15) is 40.0 Å². The molecule has 6 nitrogen and oxygen atoms in total. The first-order valence-corrected chi connectivity index (χ1v) is 8.98. The predicted octanol–water partition coefficient (Wildman–Crippen LogP) is 0.305. The fraction of sp³-hybridized carbons (Fsp3) is 0.923. The average Bonchev–Trinajstić information content (AvgIpc) is 2.35. The van der Waals surface area contributed by atoms with Crippen LogP contribution in [0.15, 0.2) is 0 Å². The lowest BCUT2D eigenvalue weighted by atomic mass is 10.0. The van der Waals surface area contributed by atoms with Crippen LogP contribution in [0.4, 0.5) is 0 Å². The highest BCUT2D eigenvalue weighted by atomic mass is 32.2. The minimum absolute atomic E-state index is 0.0117. The molecule has 0 bridgehead atoms. The van der Waals surface area contributed by atoms with E-state index in [1.807, 2.05) is 20.8 Å². The third-order valence-electron chi connectivity index (χ3n) is 3.84. The molecule has 1 aliphatic heterocycles. The van der Waals surface area contributed by atoms with Crippen molar-refractivity contribution in [3.63, 3.8) is 0 Å². The molecule has 0 spiro atoms. The van der Waals surface area contributed by atoms with Gasteiger partial charge >= 0.3 is 0 Å². The Hall–Kier alpha value is -0.660. The van der Waals surface area contributed by atoms with Gasteiger partial charge in [-0.15, -0.1) is 0 Å². The Kier molecular flexibility index (Phi) is 5.97. The number of sulfonamides is 1. The van der Waals surface area contributed by atoms with Crippen LogP contribution < -0.4 is 10.6 Å². The summed E-state index contributed by atoms with van der Waals surface area (Å²) in [4.78, 5) is 11.8. The first-order valence-electron chi connectivity index (χ1n) is 7.13. The monoisotopic (exact) mass is 305 g/mol. The third-order valence-corrected chi connectivity index (χ3v) is 5.14. The minimum Gasteiger partial charge on any atom is -0.350 e. The van der Waals surface area contributed by atoms with E-state index < -0.39 is 10.0 Å². The zero-order valence-corrected chi connectivity index (χ0v) is 13.7. The summed E-state index contributed by atoms with van der Waals surface area (Å²) in [5.74, 6) is -0.0117. The number of amides is 1. The molecular weight excluding hydrogens is 278 g/mol. The van der Waals surface area contributed by atoms with Crippen molar-refractivity contribution >= 4 is 15.9 Å². The normalized spacial score (nSPS) is 19.0. The molecule has 1 amide bonds. The summed E-state index contributed by atoms with van der Waals surface area (Å²) in [6.07, 6.45) is 3.61. The Balaban J connectivity index is 2.30. The van der Waals surface area contributed by atoms with E-state index in [4.69, 9.17) is 0 Å². The highest BCUT2D eigenvalue weighted by Crippen LogP contribution is 2.13. The largest absolute Gasteiger partial charge is 0.350 e. The molecule has 0 radical (unpaired) electrons. The van der Waals surface area contributed by atoms with Gasteiger partial charge < -0.3 is 10.6 Å². The van der Waals surface area contributed by atoms with Crippen LogP contribution >= 0.6 is 0 Å². The molecule has 1 fully saturated rings. The first kappa shape index (κ1) is 17.4. The lowest BCUT2D eigenvalue weighted by Crippen LogP contribution is -2.50. The molecule has 0 aromatic carbocycles. The zero-order chi connectivity index (χ0) is 15.4. The summed E-state index contributed by atoms with van der Waals surface area (Å²) < 4.78 is 24.3. The Morgan fingerprint density at radius 3 is 2.30 bits per heavy atom. The average molecular weight is 305 g/mol. The quantitative estimate of drug-likeness (QED) is 0.740. The maximum atomic E-state index is 11.8. The second-order valence-corrected chi connectivity index (χ2v) is 8.09. The van der Waals surface area contributed by atoms with Crippen molar-refractivity contribution in [1.82, 2.24) is 14.9 Å². The molecule has 0 aromatic heterocycles. The van der Waals surface area contributed by atoms with Gasteiger partial charge in [0.2, 0.25) is 15.9 Å². The lowest BCUT2D eigenvalue weighted by molar-refractivity contribution is -0.122. The van der Waals surface area contributed by atoms with Crippen LogP contribution in [0.25, 0.3) is 0 Å². The van der Waals surface area contributed by atoms with Crippen LogP contribution in [-0.4, -0.2) is 56.1 Å². The Morgan fingerprint density at radius 2 is 1.85 bits per heavy atom. The summed E-state index contributed by atoms with van der Waals surface area (Å²) in [6.45, 7) is 7.36. The smallest absolute Gasteiger partial charge is 0.234 e. The van der Waals surface area contributed by atoms with E-state index in [9.17, 15) is 13.2 Å². The number of nitrogens with zero attached hydrogens (tertiary/aromatic N) is 1. The minimum atomic E-state index is -3.08. The second-order valence-electron chi connectivity index (χ2n) is 6.10. The SMILES string of the molecule is CCC(C)(C)NC(=O)CNC1CCN(S(C)(=O)=O)CC1. The summed E-state index contributed by atoms with van der Waals surface area (Å²) in [5, 5.41) is 6.18. The van der Waals surface area contributed by atoms with Gasteiger partial charge in [-0.2, -0.15) is 0 Å². The Morgan fingerprint density at radius 1 is 1.30 bits per heavy atom. The van der Waals surface area contributed by atoms with Gasteiger partial charge in [-0.3, -0.25) is 4.79 Å². The molecule has 0 aliphatic carbocycles. The van der Waals surface area contributed by atoms with Gasteiger partial charge in [0.1, 0.15) is 0 Å². The fourth-order valence-corrected chi connectivity index (χ4v) is 3.01. The molecule has 0 saturated carbocycles. The first-order chi connectivity index (χ1) is 9.14. The van der Waals surface area contributed by atoms with E-state index in [2.05, 4.69) is 10.6 Å². The molecule has 2 N–H and O–H groups in total. The van der Waals surface area contributed by atoms with E-state index in [0.717, 1.165) is 19.3 Å². The summed E-state index contributed by atoms with van der Waals surface area (Å²) >= 11 is 0. The van der Waals surface area contributed by atoms with Gasteiger partial charge in [0.05, 0.1) is 12.8 Å². The molecule has 1 aliphatic rings. The number of carbonyl (C=O) groups is 1. The van der Waals surface area contributed by atoms with Crippen molar-refractivity contribution < 1.29 is 13.2 Å². The van der Waals surface area contributed by atoms with E-state index in [1.165, 1.54) is 10.6 Å². The van der Waals surface area contributed by atoms with E-state index in [1.54, 1.807) is 0 Å². The molecule has 1 heterocycles. The van der Waals surface area contributed by atoms with Crippen molar-refractivity contribution in [2.45, 2.75) is 51.6 Å². The zero-order valence-electron chi connectivity index (χ0n) is 12.9. The van der Waals surface area contributed by atoms with E-state index in [0.29, 0.717) is 13.1 Å². The Bertz CT molecular complexity index is 426. The van der Waals surface area contributed by atoms with Crippen molar-refractivity contribution in [2.24, 2.45) is 0 Å². The molecule has 0 unspecified atom stereocenters. The molecule has 0 aromatic rings. The van der Waals surface area contributed by atoms with Crippen LogP contribution in [0.5, 0.6) is 0 Å².